The molecule has 0 spiro atoms. The normalized spacial score (nSPS) is 14.9. The number of hydrogen-bond donors (Lipinski definition) is 0. The van der Waals surface area contributed by atoms with Gasteiger partial charge in [0.2, 0.25) is 5.91 Å². The maximum atomic E-state index is 13.0. The third kappa shape index (κ3) is 4.13. The smallest absolute Gasteiger partial charge is 0.244 e. The summed E-state index contributed by atoms with van der Waals surface area (Å²) >= 11 is 6.10. The monoisotopic (exact) mass is 449 g/mol. The maximum absolute atomic E-state index is 13.0. The van der Waals surface area contributed by atoms with E-state index in [0.29, 0.717) is 18.7 Å². The Hall–Kier alpha value is -3.16. The minimum atomic E-state index is 0.0574. The van der Waals surface area contributed by atoms with E-state index in [4.69, 9.17) is 16.0 Å². The lowest BCUT2D eigenvalue weighted by Gasteiger charge is -2.34. The standard InChI is InChI=1S/C24H24ClN5O2/c1-17-23-20(21-6-3-13-32-21)7-8-26-24(23)30(27-17)16-22(31)29-11-9-28(10-12-29)15-18-4-2-5-19(25)14-18/h2-8,13-14H,9-12,15-16H2,1H3. The number of nitrogens with zero attached hydrogens (tertiary/aromatic N) is 5. The second-order valence-corrected chi connectivity index (χ2v) is 8.50. The fourth-order valence-electron chi connectivity index (χ4n) is 4.31. The molecule has 0 saturated carbocycles. The minimum absolute atomic E-state index is 0.0574. The number of aromatic nitrogens is 3. The summed E-state index contributed by atoms with van der Waals surface area (Å²) in [6.07, 6.45) is 3.38. The summed E-state index contributed by atoms with van der Waals surface area (Å²) in [6, 6.07) is 13.6. The largest absolute Gasteiger partial charge is 0.464 e. The summed E-state index contributed by atoms with van der Waals surface area (Å²) in [5.74, 6) is 0.823. The number of halogens is 1. The topological polar surface area (TPSA) is 67.4 Å². The van der Waals surface area contributed by atoms with E-state index in [2.05, 4.69) is 21.0 Å². The predicted molar refractivity (Wildman–Crippen MR) is 123 cm³/mol. The number of benzene rings is 1. The van der Waals surface area contributed by atoms with Crippen LogP contribution in [-0.2, 0) is 17.9 Å². The molecule has 1 amide bonds. The first kappa shape index (κ1) is 20.7. The molecule has 1 aliphatic rings. The lowest BCUT2D eigenvalue weighted by atomic mass is 10.1. The fraction of sp³-hybridized carbons (Fsp3) is 0.292. The van der Waals surface area contributed by atoms with E-state index in [1.807, 2.05) is 48.2 Å². The average molecular weight is 450 g/mol. The van der Waals surface area contributed by atoms with Crippen molar-refractivity contribution in [3.05, 3.63) is 71.2 Å². The molecule has 1 fully saturated rings. The zero-order valence-corrected chi connectivity index (χ0v) is 18.6. The predicted octanol–water partition coefficient (Wildman–Crippen LogP) is 4.00. The highest BCUT2D eigenvalue weighted by Gasteiger charge is 2.23. The molecule has 5 rings (SSSR count). The van der Waals surface area contributed by atoms with Gasteiger partial charge in [0, 0.05) is 49.5 Å². The van der Waals surface area contributed by atoms with E-state index < -0.39 is 0 Å². The summed E-state index contributed by atoms with van der Waals surface area (Å²) in [5, 5.41) is 6.29. The van der Waals surface area contributed by atoms with Crippen molar-refractivity contribution in [2.75, 3.05) is 26.2 Å². The fourth-order valence-corrected chi connectivity index (χ4v) is 4.52. The molecule has 7 nitrogen and oxygen atoms in total. The van der Waals surface area contributed by atoms with Gasteiger partial charge in [0.05, 0.1) is 17.3 Å². The van der Waals surface area contributed by atoms with Crippen LogP contribution in [0.25, 0.3) is 22.4 Å². The molecule has 0 radical (unpaired) electrons. The maximum Gasteiger partial charge on any atom is 0.244 e. The first-order valence-electron chi connectivity index (χ1n) is 10.7. The van der Waals surface area contributed by atoms with E-state index in [9.17, 15) is 4.79 Å². The van der Waals surface area contributed by atoms with Crippen molar-refractivity contribution in [2.45, 2.75) is 20.0 Å². The molecule has 1 aliphatic heterocycles. The molecule has 1 saturated heterocycles. The lowest BCUT2D eigenvalue weighted by Crippen LogP contribution is -2.49. The summed E-state index contributed by atoms with van der Waals surface area (Å²) in [7, 11) is 0. The van der Waals surface area contributed by atoms with Gasteiger partial charge in [0.1, 0.15) is 12.3 Å². The van der Waals surface area contributed by atoms with Gasteiger partial charge in [-0.1, -0.05) is 23.7 Å². The zero-order valence-electron chi connectivity index (χ0n) is 17.9. The van der Waals surface area contributed by atoms with Gasteiger partial charge in [-0.05, 0) is 42.8 Å². The van der Waals surface area contributed by atoms with E-state index in [0.717, 1.165) is 47.1 Å². The molecule has 0 bridgehead atoms. The van der Waals surface area contributed by atoms with Crippen molar-refractivity contribution >= 4 is 28.5 Å². The summed E-state index contributed by atoms with van der Waals surface area (Å²) in [4.78, 5) is 21.8. The second-order valence-electron chi connectivity index (χ2n) is 8.06. The molecule has 4 heterocycles. The SMILES string of the molecule is Cc1nn(CC(=O)N2CCN(Cc3cccc(Cl)c3)CC2)c2nccc(-c3ccco3)c12. The number of pyridine rings is 1. The van der Waals surface area contributed by atoms with Crippen LogP contribution in [0.5, 0.6) is 0 Å². The van der Waals surface area contributed by atoms with E-state index in [-0.39, 0.29) is 12.5 Å². The first-order valence-corrected chi connectivity index (χ1v) is 11.1. The van der Waals surface area contributed by atoms with E-state index >= 15 is 0 Å². The van der Waals surface area contributed by atoms with Crippen molar-refractivity contribution in [3.8, 4) is 11.3 Å². The molecule has 8 heteroatoms. The number of carbonyl (C=O) groups is 1. The van der Waals surface area contributed by atoms with Gasteiger partial charge in [-0.25, -0.2) is 9.67 Å². The highest BCUT2D eigenvalue weighted by molar-refractivity contribution is 6.30. The Morgan fingerprint density at radius 2 is 1.97 bits per heavy atom. The average Bonchev–Trinajstić information content (AvgIpc) is 3.43. The van der Waals surface area contributed by atoms with Crippen molar-refractivity contribution in [1.29, 1.82) is 0 Å². The molecule has 4 aromatic rings. The number of rotatable bonds is 5. The minimum Gasteiger partial charge on any atom is -0.464 e. The first-order chi connectivity index (χ1) is 15.6. The van der Waals surface area contributed by atoms with Crippen LogP contribution in [0.4, 0.5) is 0 Å². The number of carbonyl (C=O) groups excluding carboxylic acids is 1. The summed E-state index contributed by atoms with van der Waals surface area (Å²) < 4.78 is 7.28. The Kier molecular flexibility index (Phi) is 5.68. The highest BCUT2D eigenvalue weighted by Crippen LogP contribution is 2.30. The van der Waals surface area contributed by atoms with Gasteiger partial charge in [-0.2, -0.15) is 5.10 Å². The number of furan rings is 1. The van der Waals surface area contributed by atoms with Crippen LogP contribution < -0.4 is 0 Å². The molecule has 0 unspecified atom stereocenters. The number of fused-ring (bicyclic) bond motifs is 1. The van der Waals surface area contributed by atoms with Crippen molar-refractivity contribution in [1.82, 2.24) is 24.6 Å². The Morgan fingerprint density at radius 1 is 1.12 bits per heavy atom. The Morgan fingerprint density at radius 3 is 2.72 bits per heavy atom. The molecule has 0 atom stereocenters. The molecular formula is C24H24ClN5O2. The number of aryl methyl sites for hydroxylation is 1. The third-order valence-electron chi connectivity index (χ3n) is 5.90. The molecule has 3 aromatic heterocycles. The van der Waals surface area contributed by atoms with Crippen LogP contribution in [0.1, 0.15) is 11.3 Å². The van der Waals surface area contributed by atoms with Crippen LogP contribution >= 0.6 is 11.6 Å². The number of amides is 1. The van der Waals surface area contributed by atoms with Crippen LogP contribution in [0.2, 0.25) is 5.02 Å². The summed E-state index contributed by atoms with van der Waals surface area (Å²) in [6.45, 7) is 6.01. The third-order valence-corrected chi connectivity index (χ3v) is 6.13. The van der Waals surface area contributed by atoms with Gasteiger partial charge in [0.25, 0.3) is 0 Å². The molecular weight excluding hydrogens is 426 g/mol. The van der Waals surface area contributed by atoms with Crippen molar-refractivity contribution in [2.24, 2.45) is 0 Å². The Bertz CT molecular complexity index is 1240. The van der Waals surface area contributed by atoms with Gasteiger partial charge in [-0.3, -0.25) is 9.69 Å². The quantitative estimate of drug-likeness (QED) is 0.460. The van der Waals surface area contributed by atoms with Gasteiger partial charge < -0.3 is 9.32 Å². The molecule has 32 heavy (non-hydrogen) atoms. The number of piperazine rings is 1. The zero-order chi connectivity index (χ0) is 22.1. The van der Waals surface area contributed by atoms with E-state index in [1.165, 1.54) is 5.56 Å². The molecule has 0 N–H and O–H groups in total. The van der Waals surface area contributed by atoms with Crippen LogP contribution in [0.15, 0.2) is 59.3 Å². The summed E-state index contributed by atoms with van der Waals surface area (Å²) in [5.41, 5.74) is 3.66. The molecule has 164 valence electrons. The van der Waals surface area contributed by atoms with Crippen LogP contribution in [-0.4, -0.2) is 56.7 Å². The van der Waals surface area contributed by atoms with Gasteiger partial charge in [0.15, 0.2) is 5.65 Å². The van der Waals surface area contributed by atoms with Crippen molar-refractivity contribution < 1.29 is 9.21 Å². The second kappa shape index (κ2) is 8.76. The van der Waals surface area contributed by atoms with E-state index in [1.54, 1.807) is 17.1 Å². The van der Waals surface area contributed by atoms with Crippen LogP contribution in [0, 0.1) is 6.92 Å². The highest BCUT2D eigenvalue weighted by atomic mass is 35.5. The van der Waals surface area contributed by atoms with Gasteiger partial charge >= 0.3 is 0 Å². The lowest BCUT2D eigenvalue weighted by molar-refractivity contribution is -0.133. The van der Waals surface area contributed by atoms with Gasteiger partial charge in [-0.15, -0.1) is 0 Å². The molecule has 0 aliphatic carbocycles. The Labute approximate surface area is 191 Å². The molecule has 1 aromatic carbocycles. The van der Waals surface area contributed by atoms with Crippen molar-refractivity contribution in [3.63, 3.8) is 0 Å². The van der Waals surface area contributed by atoms with Crippen LogP contribution in [0.3, 0.4) is 0 Å². The number of hydrogen-bond acceptors (Lipinski definition) is 5. The Balaban J connectivity index is 1.26.